The molecule has 36 heavy (non-hydrogen) atoms. The molecule has 0 saturated heterocycles. The lowest BCUT2D eigenvalue weighted by Gasteiger charge is -2.18. The second-order valence-corrected chi connectivity index (χ2v) is 10.3. The molecule has 1 heterocycles. The van der Waals surface area contributed by atoms with Crippen LogP contribution in [0.5, 0.6) is 5.75 Å². The largest absolute Gasteiger partial charge is 0.425 e. The van der Waals surface area contributed by atoms with Crippen molar-refractivity contribution in [3.8, 4) is 5.75 Å². The lowest BCUT2D eigenvalue weighted by atomic mass is 10.1. The minimum Gasteiger partial charge on any atom is -0.425 e. The molecular formula is C28H27NO6S. The Morgan fingerprint density at radius 2 is 1.72 bits per heavy atom. The summed E-state index contributed by atoms with van der Waals surface area (Å²) in [5, 5.41) is 0.761. The molecule has 186 valence electrons. The van der Waals surface area contributed by atoms with E-state index in [1.165, 1.54) is 24.3 Å². The highest BCUT2D eigenvalue weighted by molar-refractivity contribution is 7.89. The van der Waals surface area contributed by atoms with Gasteiger partial charge in [-0.05, 0) is 55.2 Å². The topological polar surface area (TPSA) is 103 Å². The van der Waals surface area contributed by atoms with Crippen LogP contribution in [0.4, 0.5) is 0 Å². The minimum absolute atomic E-state index is 0.0508. The van der Waals surface area contributed by atoms with E-state index in [0.29, 0.717) is 12.0 Å². The molecular weight excluding hydrogens is 478 g/mol. The first-order valence-electron chi connectivity index (χ1n) is 11.7. The van der Waals surface area contributed by atoms with Gasteiger partial charge in [0, 0.05) is 17.5 Å². The summed E-state index contributed by atoms with van der Waals surface area (Å²) in [5.41, 5.74) is 2.35. The summed E-state index contributed by atoms with van der Waals surface area (Å²) in [7, 11) is -4.00. The summed E-state index contributed by atoms with van der Waals surface area (Å²) in [6.07, 6.45) is 1.66. The predicted octanol–water partition coefficient (Wildman–Crippen LogP) is 4.55. The molecule has 7 nitrogen and oxygen atoms in total. The molecule has 0 unspecified atom stereocenters. The molecule has 3 aromatic carbocycles. The van der Waals surface area contributed by atoms with Crippen LogP contribution in [-0.2, 0) is 27.7 Å². The van der Waals surface area contributed by atoms with Crippen LogP contribution < -0.4 is 15.1 Å². The molecule has 0 aliphatic carbocycles. The normalized spacial score (nSPS) is 12.4. The summed E-state index contributed by atoms with van der Waals surface area (Å²) in [5.74, 6) is -0.627. The summed E-state index contributed by atoms with van der Waals surface area (Å²) >= 11 is 0. The highest BCUT2D eigenvalue weighted by Gasteiger charge is 2.28. The molecule has 1 aromatic heterocycles. The number of rotatable bonds is 9. The summed E-state index contributed by atoms with van der Waals surface area (Å²) in [4.78, 5) is 25.2. The van der Waals surface area contributed by atoms with Crippen molar-refractivity contribution < 1.29 is 22.4 Å². The fourth-order valence-corrected chi connectivity index (χ4v) is 5.12. The lowest BCUT2D eigenvalue weighted by Crippen LogP contribution is -2.44. The number of hydrogen-bond donors (Lipinski definition) is 1. The van der Waals surface area contributed by atoms with Crippen LogP contribution in [0, 0.1) is 6.92 Å². The van der Waals surface area contributed by atoms with Crippen LogP contribution in [0.2, 0.25) is 0 Å². The van der Waals surface area contributed by atoms with Crippen molar-refractivity contribution in [3.63, 3.8) is 0 Å². The van der Waals surface area contributed by atoms with Gasteiger partial charge in [-0.2, -0.15) is 4.72 Å². The molecule has 4 rings (SSSR count). The number of esters is 1. The van der Waals surface area contributed by atoms with E-state index in [1.54, 1.807) is 36.4 Å². The number of benzene rings is 3. The van der Waals surface area contributed by atoms with Gasteiger partial charge in [0.05, 0.1) is 4.90 Å². The first-order chi connectivity index (χ1) is 17.2. The van der Waals surface area contributed by atoms with Gasteiger partial charge in [-0.25, -0.2) is 18.0 Å². The number of nitrogens with one attached hydrogen (secondary N) is 1. The van der Waals surface area contributed by atoms with E-state index < -0.39 is 27.7 Å². The van der Waals surface area contributed by atoms with Crippen LogP contribution in [0.1, 0.15) is 30.0 Å². The molecule has 1 N–H and O–H groups in total. The number of aryl methyl sites for hydroxylation is 2. The zero-order chi connectivity index (χ0) is 25.7. The molecule has 0 aliphatic heterocycles. The lowest BCUT2D eigenvalue weighted by molar-refractivity contribution is -0.136. The smallest absolute Gasteiger partial charge is 0.336 e. The van der Waals surface area contributed by atoms with E-state index in [4.69, 9.17) is 9.15 Å². The maximum atomic E-state index is 13.2. The van der Waals surface area contributed by atoms with Gasteiger partial charge in [-0.15, -0.1) is 0 Å². The van der Waals surface area contributed by atoms with Gasteiger partial charge in [-0.1, -0.05) is 61.4 Å². The molecule has 0 radical (unpaired) electrons. The maximum Gasteiger partial charge on any atom is 0.336 e. The Hall–Kier alpha value is -3.75. The Morgan fingerprint density at radius 1 is 1.00 bits per heavy atom. The number of carbonyl (C=O) groups excluding carboxylic acids is 1. The van der Waals surface area contributed by atoms with Crippen LogP contribution >= 0.6 is 0 Å². The quantitative estimate of drug-likeness (QED) is 0.203. The standard InChI is InChI=1S/C28H27NO6S/c1-3-7-21-17-27(30)35-26-18-22(12-15-24(21)26)34-28(31)25(16-20-8-5-4-6-9-20)29-36(32,33)23-13-10-19(2)11-14-23/h4-6,8-15,17-18,25,29H,3,7,16H2,1-2H3/t25-/m1/s1. The van der Waals surface area contributed by atoms with E-state index >= 15 is 0 Å². The van der Waals surface area contributed by atoms with Crippen molar-refractivity contribution in [2.45, 2.75) is 44.0 Å². The third-order valence-electron chi connectivity index (χ3n) is 5.74. The van der Waals surface area contributed by atoms with Gasteiger partial charge in [0.15, 0.2) is 0 Å². The molecule has 0 fully saturated rings. The zero-order valence-electron chi connectivity index (χ0n) is 20.1. The van der Waals surface area contributed by atoms with E-state index in [9.17, 15) is 18.0 Å². The fourth-order valence-electron chi connectivity index (χ4n) is 3.93. The van der Waals surface area contributed by atoms with E-state index in [0.717, 1.165) is 28.5 Å². The van der Waals surface area contributed by atoms with Crippen molar-refractivity contribution in [3.05, 3.63) is 106 Å². The van der Waals surface area contributed by atoms with Crippen molar-refractivity contribution in [1.82, 2.24) is 4.72 Å². The van der Waals surface area contributed by atoms with Crippen molar-refractivity contribution in [2.75, 3.05) is 0 Å². The number of carbonyl (C=O) groups is 1. The Kier molecular flexibility index (Phi) is 7.67. The van der Waals surface area contributed by atoms with Gasteiger partial charge in [0.25, 0.3) is 0 Å². The molecule has 0 spiro atoms. The van der Waals surface area contributed by atoms with Crippen molar-refractivity contribution in [2.24, 2.45) is 0 Å². The van der Waals surface area contributed by atoms with Gasteiger partial charge in [-0.3, -0.25) is 0 Å². The second kappa shape index (κ2) is 10.9. The van der Waals surface area contributed by atoms with Gasteiger partial charge < -0.3 is 9.15 Å². The molecule has 0 aliphatic rings. The summed E-state index contributed by atoms with van der Waals surface area (Å²) in [6.45, 7) is 3.87. The molecule has 0 saturated carbocycles. The summed E-state index contributed by atoms with van der Waals surface area (Å²) in [6, 6.07) is 20.5. The number of fused-ring (bicyclic) bond motifs is 1. The molecule has 0 amide bonds. The third-order valence-corrected chi connectivity index (χ3v) is 7.22. The van der Waals surface area contributed by atoms with Crippen LogP contribution in [0.25, 0.3) is 11.0 Å². The Bertz CT molecular complexity index is 1530. The van der Waals surface area contributed by atoms with E-state index in [-0.39, 0.29) is 17.1 Å². The SMILES string of the molecule is CCCc1cc(=O)oc2cc(OC(=O)[C@@H](Cc3ccccc3)NS(=O)(=O)c3ccc(C)cc3)ccc12. The average molecular weight is 506 g/mol. The fraction of sp³-hybridized carbons (Fsp3) is 0.214. The second-order valence-electron chi connectivity index (χ2n) is 8.60. The molecule has 8 heteroatoms. The van der Waals surface area contributed by atoms with Crippen LogP contribution in [-0.4, -0.2) is 20.4 Å². The number of sulfonamides is 1. The first-order valence-corrected chi connectivity index (χ1v) is 13.1. The number of hydrogen-bond acceptors (Lipinski definition) is 6. The van der Waals surface area contributed by atoms with E-state index in [1.807, 2.05) is 32.0 Å². The first kappa shape index (κ1) is 25.3. The Labute approximate surface area is 209 Å². The highest BCUT2D eigenvalue weighted by Crippen LogP contribution is 2.24. The Morgan fingerprint density at radius 3 is 2.42 bits per heavy atom. The maximum absolute atomic E-state index is 13.2. The van der Waals surface area contributed by atoms with Crippen molar-refractivity contribution >= 4 is 27.0 Å². The molecule has 4 aromatic rings. The third kappa shape index (κ3) is 6.08. The average Bonchev–Trinajstić information content (AvgIpc) is 2.84. The van der Waals surface area contributed by atoms with Gasteiger partial charge in [0.1, 0.15) is 17.4 Å². The number of ether oxygens (including phenoxy) is 1. The summed E-state index contributed by atoms with van der Waals surface area (Å²) < 4.78 is 39.5. The minimum atomic E-state index is -4.00. The van der Waals surface area contributed by atoms with Gasteiger partial charge in [0.2, 0.25) is 10.0 Å². The van der Waals surface area contributed by atoms with E-state index in [2.05, 4.69) is 4.72 Å². The van der Waals surface area contributed by atoms with Gasteiger partial charge >= 0.3 is 11.6 Å². The van der Waals surface area contributed by atoms with Crippen molar-refractivity contribution in [1.29, 1.82) is 0 Å². The highest BCUT2D eigenvalue weighted by atomic mass is 32.2. The molecule has 1 atom stereocenters. The molecule has 0 bridgehead atoms. The predicted molar refractivity (Wildman–Crippen MR) is 138 cm³/mol. The van der Waals surface area contributed by atoms with Crippen LogP contribution in [0.3, 0.4) is 0 Å². The van der Waals surface area contributed by atoms with Crippen LogP contribution in [0.15, 0.2) is 93.0 Å². The monoisotopic (exact) mass is 505 g/mol. The zero-order valence-corrected chi connectivity index (χ0v) is 20.9. The Balaban J connectivity index is 1.62.